The number of ether oxygens (including phenoxy) is 2. The van der Waals surface area contributed by atoms with E-state index < -0.39 is 12.1 Å². The lowest BCUT2D eigenvalue weighted by Crippen LogP contribution is -2.26. The van der Waals surface area contributed by atoms with Gasteiger partial charge < -0.3 is 14.8 Å². The molecule has 4 nitrogen and oxygen atoms in total. The zero-order chi connectivity index (χ0) is 15.1. The highest BCUT2D eigenvalue weighted by atomic mass is 35.5. The molecule has 0 aliphatic rings. The largest absolute Gasteiger partial charge is 0.479 e. The second kappa shape index (κ2) is 8.12. The molecular weight excluding hydrogens is 278 g/mol. The SMILES string of the molecule is COC(=O)C(C)Oc1cccc(Cl)c1CNCC(C)C. The zero-order valence-electron chi connectivity index (χ0n) is 12.4. The third-order valence-corrected chi connectivity index (χ3v) is 3.12. The Balaban J connectivity index is 2.79. The first-order valence-corrected chi connectivity index (χ1v) is 7.06. The van der Waals surface area contributed by atoms with Gasteiger partial charge in [0.05, 0.1) is 7.11 Å². The Hall–Kier alpha value is -1.26. The molecule has 0 radical (unpaired) electrons. The first-order valence-electron chi connectivity index (χ1n) is 6.68. The lowest BCUT2D eigenvalue weighted by molar-refractivity contribution is -0.147. The molecule has 0 spiro atoms. The number of benzene rings is 1. The Labute approximate surface area is 125 Å². The fraction of sp³-hybridized carbons (Fsp3) is 0.533. The Morgan fingerprint density at radius 2 is 2.05 bits per heavy atom. The molecule has 0 amide bonds. The van der Waals surface area contributed by atoms with E-state index in [2.05, 4.69) is 23.9 Å². The van der Waals surface area contributed by atoms with Gasteiger partial charge in [0.15, 0.2) is 6.10 Å². The summed E-state index contributed by atoms with van der Waals surface area (Å²) >= 11 is 6.21. The normalized spacial score (nSPS) is 12.3. The van der Waals surface area contributed by atoms with E-state index in [9.17, 15) is 4.79 Å². The minimum absolute atomic E-state index is 0.411. The first-order chi connectivity index (χ1) is 9.45. The zero-order valence-corrected chi connectivity index (χ0v) is 13.2. The van der Waals surface area contributed by atoms with Crippen molar-refractivity contribution in [1.29, 1.82) is 0 Å². The van der Waals surface area contributed by atoms with Gasteiger partial charge in [-0.05, 0) is 31.5 Å². The summed E-state index contributed by atoms with van der Waals surface area (Å²) in [5, 5.41) is 3.94. The number of nitrogens with one attached hydrogen (secondary N) is 1. The second-order valence-corrected chi connectivity index (χ2v) is 5.43. The molecule has 112 valence electrons. The number of halogens is 1. The van der Waals surface area contributed by atoms with E-state index in [1.54, 1.807) is 19.1 Å². The predicted molar refractivity (Wildman–Crippen MR) is 80.1 cm³/mol. The van der Waals surface area contributed by atoms with Gasteiger partial charge in [-0.15, -0.1) is 0 Å². The highest BCUT2D eigenvalue weighted by Crippen LogP contribution is 2.27. The van der Waals surface area contributed by atoms with Gasteiger partial charge >= 0.3 is 5.97 Å². The number of esters is 1. The van der Waals surface area contributed by atoms with Crippen molar-refractivity contribution >= 4 is 17.6 Å². The highest BCUT2D eigenvalue weighted by molar-refractivity contribution is 6.31. The van der Waals surface area contributed by atoms with Gasteiger partial charge in [0.1, 0.15) is 5.75 Å². The van der Waals surface area contributed by atoms with E-state index in [1.165, 1.54) is 7.11 Å². The molecule has 0 fully saturated rings. The molecule has 5 heteroatoms. The summed E-state index contributed by atoms with van der Waals surface area (Å²) in [5.41, 5.74) is 0.852. The molecule has 1 aromatic carbocycles. The molecule has 0 aliphatic carbocycles. The van der Waals surface area contributed by atoms with Crippen LogP contribution in [0.15, 0.2) is 18.2 Å². The van der Waals surface area contributed by atoms with Gasteiger partial charge in [0.25, 0.3) is 0 Å². The topological polar surface area (TPSA) is 47.6 Å². The standard InChI is InChI=1S/C15H22ClNO3/c1-10(2)8-17-9-12-13(16)6-5-7-14(12)20-11(3)15(18)19-4/h5-7,10-11,17H,8-9H2,1-4H3. The molecule has 0 aromatic heterocycles. The summed E-state index contributed by atoms with van der Waals surface area (Å²) in [5.74, 6) is 0.744. The van der Waals surface area contributed by atoms with Crippen molar-refractivity contribution in [3.05, 3.63) is 28.8 Å². The number of carbonyl (C=O) groups is 1. The van der Waals surface area contributed by atoms with E-state index in [0.717, 1.165) is 12.1 Å². The fourth-order valence-corrected chi connectivity index (χ4v) is 1.94. The average molecular weight is 300 g/mol. The van der Waals surface area contributed by atoms with Crippen LogP contribution in [-0.2, 0) is 16.1 Å². The molecule has 20 heavy (non-hydrogen) atoms. The molecule has 0 saturated carbocycles. The quantitative estimate of drug-likeness (QED) is 0.786. The first kappa shape index (κ1) is 16.8. The van der Waals surface area contributed by atoms with Gasteiger partial charge in [-0.3, -0.25) is 0 Å². The van der Waals surface area contributed by atoms with E-state index in [1.807, 2.05) is 6.07 Å². The maximum atomic E-state index is 11.4. The lowest BCUT2D eigenvalue weighted by atomic mass is 10.1. The molecular formula is C15H22ClNO3. The van der Waals surface area contributed by atoms with Crippen molar-refractivity contribution in [2.45, 2.75) is 33.4 Å². The number of methoxy groups -OCH3 is 1. The Bertz CT molecular complexity index is 449. The van der Waals surface area contributed by atoms with Crippen LogP contribution in [0.1, 0.15) is 26.3 Å². The monoisotopic (exact) mass is 299 g/mol. The van der Waals surface area contributed by atoms with Crippen molar-refractivity contribution in [1.82, 2.24) is 5.32 Å². The molecule has 1 N–H and O–H groups in total. The number of hydrogen-bond acceptors (Lipinski definition) is 4. The molecule has 0 bridgehead atoms. The van der Waals surface area contributed by atoms with Crippen LogP contribution in [0.2, 0.25) is 5.02 Å². The van der Waals surface area contributed by atoms with Gasteiger partial charge in [0.2, 0.25) is 0 Å². The minimum atomic E-state index is -0.665. The summed E-state index contributed by atoms with van der Waals surface area (Å²) in [6.07, 6.45) is -0.665. The molecule has 1 unspecified atom stereocenters. The third-order valence-electron chi connectivity index (χ3n) is 2.77. The number of hydrogen-bond donors (Lipinski definition) is 1. The minimum Gasteiger partial charge on any atom is -0.479 e. The van der Waals surface area contributed by atoms with Crippen LogP contribution in [0, 0.1) is 5.92 Å². The van der Waals surface area contributed by atoms with Gasteiger partial charge in [-0.1, -0.05) is 31.5 Å². The summed E-state index contributed by atoms with van der Waals surface area (Å²) < 4.78 is 10.3. The second-order valence-electron chi connectivity index (χ2n) is 5.02. The van der Waals surface area contributed by atoms with Crippen molar-refractivity contribution in [3.8, 4) is 5.75 Å². The van der Waals surface area contributed by atoms with Crippen LogP contribution in [0.25, 0.3) is 0 Å². The Morgan fingerprint density at radius 1 is 1.35 bits per heavy atom. The molecule has 0 aliphatic heterocycles. The van der Waals surface area contributed by atoms with Crippen LogP contribution in [0.5, 0.6) is 5.75 Å². The lowest BCUT2D eigenvalue weighted by Gasteiger charge is -2.17. The van der Waals surface area contributed by atoms with E-state index in [-0.39, 0.29) is 0 Å². The smallest absolute Gasteiger partial charge is 0.346 e. The predicted octanol–water partition coefficient (Wildman–Crippen LogP) is 3.03. The van der Waals surface area contributed by atoms with Crippen LogP contribution in [0.4, 0.5) is 0 Å². The van der Waals surface area contributed by atoms with E-state index in [0.29, 0.717) is 23.2 Å². The van der Waals surface area contributed by atoms with Crippen molar-refractivity contribution in [3.63, 3.8) is 0 Å². The van der Waals surface area contributed by atoms with Crippen molar-refractivity contribution < 1.29 is 14.3 Å². The summed E-state index contributed by atoms with van der Waals surface area (Å²) in [4.78, 5) is 11.4. The van der Waals surface area contributed by atoms with Crippen LogP contribution in [-0.4, -0.2) is 25.7 Å². The molecule has 0 heterocycles. The van der Waals surface area contributed by atoms with E-state index >= 15 is 0 Å². The van der Waals surface area contributed by atoms with E-state index in [4.69, 9.17) is 16.3 Å². The van der Waals surface area contributed by atoms with Crippen molar-refractivity contribution in [2.24, 2.45) is 5.92 Å². The summed E-state index contributed by atoms with van der Waals surface area (Å²) in [6, 6.07) is 5.41. The molecule has 1 rings (SSSR count). The maximum Gasteiger partial charge on any atom is 0.346 e. The maximum absolute atomic E-state index is 11.4. The van der Waals surface area contributed by atoms with Crippen LogP contribution >= 0.6 is 11.6 Å². The number of carbonyl (C=O) groups excluding carboxylic acids is 1. The fourth-order valence-electron chi connectivity index (χ4n) is 1.71. The van der Waals surface area contributed by atoms with Crippen molar-refractivity contribution in [2.75, 3.05) is 13.7 Å². The van der Waals surface area contributed by atoms with Gasteiger partial charge in [-0.25, -0.2) is 4.79 Å². The third kappa shape index (κ3) is 5.02. The Kier molecular flexibility index (Phi) is 6.82. The average Bonchev–Trinajstić information content (AvgIpc) is 2.40. The number of rotatable bonds is 7. The highest BCUT2D eigenvalue weighted by Gasteiger charge is 2.17. The van der Waals surface area contributed by atoms with Crippen LogP contribution < -0.4 is 10.1 Å². The summed E-state index contributed by atoms with van der Waals surface area (Å²) in [6.45, 7) is 7.41. The molecule has 0 saturated heterocycles. The molecule has 1 aromatic rings. The Morgan fingerprint density at radius 3 is 2.65 bits per heavy atom. The van der Waals surface area contributed by atoms with Gasteiger partial charge in [0, 0.05) is 17.1 Å². The van der Waals surface area contributed by atoms with Crippen LogP contribution in [0.3, 0.4) is 0 Å². The van der Waals surface area contributed by atoms with Gasteiger partial charge in [-0.2, -0.15) is 0 Å². The molecule has 1 atom stereocenters. The summed E-state index contributed by atoms with van der Waals surface area (Å²) in [7, 11) is 1.34.